The van der Waals surface area contributed by atoms with Crippen molar-refractivity contribution in [2.75, 3.05) is 19.4 Å². The third kappa shape index (κ3) is 6.07. The molecule has 2 aromatic carbocycles. The molecule has 0 fully saturated rings. The van der Waals surface area contributed by atoms with Gasteiger partial charge in [-0.15, -0.1) is 0 Å². The molecule has 0 bridgehead atoms. The maximum Gasteiger partial charge on any atom is 0.211 e. The van der Waals surface area contributed by atoms with Gasteiger partial charge in [-0.2, -0.15) is 0 Å². The number of ether oxygens (including phenoxy) is 2. The number of hydrogen-bond donors (Lipinski definition) is 1. The first-order valence-electron chi connectivity index (χ1n) is 8.32. The van der Waals surface area contributed by atoms with E-state index in [9.17, 15) is 8.42 Å². The smallest absolute Gasteiger partial charge is 0.211 e. The van der Waals surface area contributed by atoms with Gasteiger partial charge in [0.1, 0.15) is 17.6 Å². The zero-order chi connectivity index (χ0) is 18.3. The molecule has 6 heteroatoms. The highest BCUT2D eigenvalue weighted by Gasteiger charge is 2.12. The van der Waals surface area contributed by atoms with E-state index in [1.54, 1.807) is 7.11 Å². The summed E-state index contributed by atoms with van der Waals surface area (Å²) in [5.41, 5.74) is 2.12. The van der Waals surface area contributed by atoms with Crippen LogP contribution >= 0.6 is 0 Å². The molecule has 1 atom stereocenters. The van der Waals surface area contributed by atoms with Crippen LogP contribution in [0.15, 0.2) is 48.5 Å². The average molecular weight is 363 g/mol. The van der Waals surface area contributed by atoms with Gasteiger partial charge >= 0.3 is 0 Å². The van der Waals surface area contributed by atoms with E-state index in [1.165, 1.54) is 0 Å². The van der Waals surface area contributed by atoms with Gasteiger partial charge in [0.15, 0.2) is 0 Å². The van der Waals surface area contributed by atoms with Gasteiger partial charge in [-0.05, 0) is 48.7 Å². The van der Waals surface area contributed by atoms with Gasteiger partial charge in [-0.1, -0.05) is 31.2 Å². The molecular formula is C19H25NO4S. The van der Waals surface area contributed by atoms with Crippen molar-refractivity contribution in [1.82, 2.24) is 4.72 Å². The zero-order valence-electron chi connectivity index (χ0n) is 14.9. The molecule has 0 radical (unpaired) electrons. The topological polar surface area (TPSA) is 64.6 Å². The standard InChI is InChI=1S/C19H25NO4S/c1-4-12-25(21,22)20-14-15(2)24-18-10-8-16(9-11-18)17-6-5-7-19(13-17)23-3/h5-11,13,15,20H,4,12,14H2,1-3H3. The predicted octanol–water partition coefficient (Wildman–Crippen LogP) is 3.46. The third-order valence-electron chi connectivity index (χ3n) is 3.66. The monoisotopic (exact) mass is 363 g/mol. The SMILES string of the molecule is CCCS(=O)(=O)NCC(C)Oc1ccc(-c2cccc(OC)c2)cc1. The van der Waals surface area contributed by atoms with Crippen molar-refractivity contribution in [2.45, 2.75) is 26.4 Å². The molecule has 2 rings (SSSR count). The number of nitrogens with one attached hydrogen (secondary N) is 1. The summed E-state index contributed by atoms with van der Waals surface area (Å²) in [6, 6.07) is 15.5. The lowest BCUT2D eigenvalue weighted by Gasteiger charge is -2.16. The number of methoxy groups -OCH3 is 1. The summed E-state index contributed by atoms with van der Waals surface area (Å²) in [5.74, 6) is 1.65. The second kappa shape index (κ2) is 8.87. The first-order valence-corrected chi connectivity index (χ1v) is 9.97. The average Bonchev–Trinajstić information content (AvgIpc) is 2.61. The van der Waals surface area contributed by atoms with Gasteiger partial charge in [-0.3, -0.25) is 0 Å². The van der Waals surface area contributed by atoms with Crippen molar-refractivity contribution in [3.63, 3.8) is 0 Å². The molecule has 0 aliphatic rings. The third-order valence-corrected chi connectivity index (χ3v) is 5.21. The fraction of sp³-hybridized carbons (Fsp3) is 0.368. The molecule has 0 aliphatic carbocycles. The quantitative estimate of drug-likeness (QED) is 0.741. The summed E-state index contributed by atoms with van der Waals surface area (Å²) < 4.78 is 36.9. The van der Waals surface area contributed by atoms with E-state index in [1.807, 2.05) is 62.4 Å². The van der Waals surface area contributed by atoms with Crippen LogP contribution in [0.4, 0.5) is 0 Å². The molecule has 1 unspecified atom stereocenters. The number of rotatable bonds is 9. The largest absolute Gasteiger partial charge is 0.497 e. The molecule has 25 heavy (non-hydrogen) atoms. The Kier molecular flexibility index (Phi) is 6.84. The summed E-state index contributed by atoms with van der Waals surface area (Å²) in [4.78, 5) is 0. The van der Waals surface area contributed by atoms with Crippen LogP contribution in [-0.2, 0) is 10.0 Å². The highest BCUT2D eigenvalue weighted by Crippen LogP contribution is 2.25. The van der Waals surface area contributed by atoms with E-state index in [-0.39, 0.29) is 18.4 Å². The van der Waals surface area contributed by atoms with Crippen molar-refractivity contribution in [3.05, 3.63) is 48.5 Å². The molecule has 0 saturated carbocycles. The lowest BCUT2D eigenvalue weighted by molar-refractivity contribution is 0.225. The molecule has 5 nitrogen and oxygen atoms in total. The Bertz CT molecular complexity index is 772. The highest BCUT2D eigenvalue weighted by molar-refractivity contribution is 7.89. The van der Waals surface area contributed by atoms with Crippen LogP contribution in [0.5, 0.6) is 11.5 Å². The molecule has 0 saturated heterocycles. The first kappa shape index (κ1) is 19.3. The lowest BCUT2D eigenvalue weighted by Crippen LogP contribution is -2.34. The van der Waals surface area contributed by atoms with Gasteiger partial charge in [-0.25, -0.2) is 13.1 Å². The van der Waals surface area contributed by atoms with Crippen molar-refractivity contribution in [1.29, 1.82) is 0 Å². The molecule has 0 amide bonds. The van der Waals surface area contributed by atoms with Crippen LogP contribution in [0, 0.1) is 0 Å². The highest BCUT2D eigenvalue weighted by atomic mass is 32.2. The zero-order valence-corrected chi connectivity index (χ0v) is 15.7. The van der Waals surface area contributed by atoms with Crippen molar-refractivity contribution < 1.29 is 17.9 Å². The van der Waals surface area contributed by atoms with E-state index in [0.29, 0.717) is 12.2 Å². The predicted molar refractivity (Wildman–Crippen MR) is 101 cm³/mol. The van der Waals surface area contributed by atoms with Crippen molar-refractivity contribution >= 4 is 10.0 Å². The Hall–Kier alpha value is -2.05. The van der Waals surface area contributed by atoms with Gasteiger partial charge in [0.2, 0.25) is 10.0 Å². The summed E-state index contributed by atoms with van der Waals surface area (Å²) >= 11 is 0. The van der Waals surface area contributed by atoms with Gasteiger partial charge < -0.3 is 9.47 Å². The van der Waals surface area contributed by atoms with Crippen LogP contribution in [0.25, 0.3) is 11.1 Å². The Morgan fingerprint density at radius 3 is 2.40 bits per heavy atom. The second-order valence-corrected chi connectivity index (χ2v) is 7.78. The summed E-state index contributed by atoms with van der Waals surface area (Å²) in [6.07, 6.45) is 0.338. The van der Waals surface area contributed by atoms with E-state index in [2.05, 4.69) is 4.72 Å². The fourth-order valence-corrected chi connectivity index (χ4v) is 3.56. The van der Waals surface area contributed by atoms with Crippen LogP contribution < -0.4 is 14.2 Å². The minimum atomic E-state index is -3.21. The molecule has 136 valence electrons. The minimum absolute atomic E-state index is 0.134. The molecule has 1 N–H and O–H groups in total. The Morgan fingerprint density at radius 2 is 1.76 bits per heavy atom. The second-order valence-electron chi connectivity index (χ2n) is 5.85. The lowest BCUT2D eigenvalue weighted by atomic mass is 10.1. The number of benzene rings is 2. The maximum absolute atomic E-state index is 11.7. The van der Waals surface area contributed by atoms with Crippen LogP contribution in [0.1, 0.15) is 20.3 Å². The molecule has 0 heterocycles. The van der Waals surface area contributed by atoms with Crippen LogP contribution in [-0.4, -0.2) is 33.9 Å². The van der Waals surface area contributed by atoms with Gasteiger partial charge in [0, 0.05) is 6.54 Å². The molecule has 2 aromatic rings. The van der Waals surface area contributed by atoms with E-state index < -0.39 is 10.0 Å². The van der Waals surface area contributed by atoms with E-state index in [0.717, 1.165) is 16.9 Å². The summed E-state index contributed by atoms with van der Waals surface area (Å²) in [5, 5.41) is 0. The molecule has 0 aromatic heterocycles. The van der Waals surface area contributed by atoms with Gasteiger partial charge in [0.25, 0.3) is 0 Å². The minimum Gasteiger partial charge on any atom is -0.497 e. The Labute approximate surface area is 150 Å². The van der Waals surface area contributed by atoms with Gasteiger partial charge in [0.05, 0.1) is 12.9 Å². The normalized spacial score (nSPS) is 12.6. The van der Waals surface area contributed by atoms with E-state index >= 15 is 0 Å². The summed E-state index contributed by atoms with van der Waals surface area (Å²) in [7, 11) is -1.57. The Balaban J connectivity index is 1.95. The van der Waals surface area contributed by atoms with Crippen molar-refractivity contribution in [2.24, 2.45) is 0 Å². The number of hydrogen-bond acceptors (Lipinski definition) is 4. The Morgan fingerprint density at radius 1 is 1.04 bits per heavy atom. The van der Waals surface area contributed by atoms with E-state index in [4.69, 9.17) is 9.47 Å². The summed E-state index contributed by atoms with van der Waals surface area (Å²) in [6.45, 7) is 3.92. The van der Waals surface area contributed by atoms with Crippen molar-refractivity contribution in [3.8, 4) is 22.6 Å². The molecule has 0 spiro atoms. The first-order chi connectivity index (χ1) is 11.9. The molecule has 0 aliphatic heterocycles. The maximum atomic E-state index is 11.7. The molecular weight excluding hydrogens is 338 g/mol. The fourth-order valence-electron chi connectivity index (χ4n) is 2.39. The van der Waals surface area contributed by atoms with Crippen LogP contribution in [0.2, 0.25) is 0 Å². The number of sulfonamides is 1. The van der Waals surface area contributed by atoms with Crippen LogP contribution in [0.3, 0.4) is 0 Å².